The van der Waals surface area contributed by atoms with Crippen molar-refractivity contribution >= 4 is 17.9 Å². The van der Waals surface area contributed by atoms with Gasteiger partial charge in [0.25, 0.3) is 0 Å². The second-order valence-corrected chi connectivity index (χ2v) is 17.4. The number of ether oxygens (including phenoxy) is 3. The molecular formula is C64H98O6. The van der Waals surface area contributed by atoms with Gasteiger partial charge in [-0.1, -0.05) is 211 Å². The average molecular weight is 963 g/mol. The highest BCUT2D eigenvalue weighted by Crippen LogP contribution is 2.11. The van der Waals surface area contributed by atoms with Crippen molar-refractivity contribution in [3.8, 4) is 0 Å². The molecule has 0 amide bonds. The molecule has 0 fully saturated rings. The summed E-state index contributed by atoms with van der Waals surface area (Å²) < 4.78 is 16.7. The SMILES string of the molecule is CC/C=C\C/C=C\C/C=C\C/C=C\C/C=C\C/C=C\CCCCC(=O)OCC(COC(=O)CCCCCCC/C=C\C/C=C\CCCC)OC(=O)CCC/C=C\C/C=C\C/C=C\C/C=C\C/C=C\CC. The fraction of sp³-hybridized carbons (Fsp3) is 0.547. The Morgan fingerprint density at radius 2 is 0.571 bits per heavy atom. The van der Waals surface area contributed by atoms with Gasteiger partial charge < -0.3 is 14.2 Å². The maximum absolute atomic E-state index is 12.8. The zero-order valence-electron chi connectivity index (χ0n) is 44.5. The van der Waals surface area contributed by atoms with E-state index in [1.807, 2.05) is 0 Å². The molecule has 0 rings (SSSR count). The first-order chi connectivity index (χ1) is 34.5. The number of rotatable bonds is 47. The highest BCUT2D eigenvalue weighted by Gasteiger charge is 2.19. The Morgan fingerprint density at radius 1 is 0.300 bits per heavy atom. The summed E-state index contributed by atoms with van der Waals surface area (Å²) in [6, 6.07) is 0. The van der Waals surface area contributed by atoms with Crippen molar-refractivity contribution in [1.82, 2.24) is 0 Å². The lowest BCUT2D eigenvalue weighted by Crippen LogP contribution is -2.30. The molecule has 1 atom stereocenters. The second kappa shape index (κ2) is 56.6. The smallest absolute Gasteiger partial charge is 0.306 e. The van der Waals surface area contributed by atoms with E-state index in [1.54, 1.807) is 0 Å². The maximum atomic E-state index is 12.8. The minimum atomic E-state index is -0.840. The molecule has 0 aliphatic heterocycles. The van der Waals surface area contributed by atoms with Crippen molar-refractivity contribution in [2.24, 2.45) is 0 Å². The van der Waals surface area contributed by atoms with E-state index in [9.17, 15) is 14.4 Å². The van der Waals surface area contributed by atoms with Gasteiger partial charge >= 0.3 is 17.9 Å². The second-order valence-electron chi connectivity index (χ2n) is 17.4. The molecule has 0 aromatic heterocycles. The Hall–Kier alpha value is -4.97. The first kappa shape index (κ1) is 65.0. The van der Waals surface area contributed by atoms with Gasteiger partial charge in [-0.25, -0.2) is 0 Å². The van der Waals surface area contributed by atoms with Crippen molar-refractivity contribution in [2.75, 3.05) is 13.2 Å². The van der Waals surface area contributed by atoms with Crippen LogP contribution in [0.5, 0.6) is 0 Å². The van der Waals surface area contributed by atoms with Crippen molar-refractivity contribution in [1.29, 1.82) is 0 Å². The van der Waals surface area contributed by atoms with Crippen LogP contribution in [0.2, 0.25) is 0 Å². The van der Waals surface area contributed by atoms with Crippen molar-refractivity contribution in [3.63, 3.8) is 0 Å². The maximum Gasteiger partial charge on any atom is 0.306 e. The van der Waals surface area contributed by atoms with Crippen molar-refractivity contribution < 1.29 is 28.6 Å². The van der Waals surface area contributed by atoms with Crippen LogP contribution in [0.4, 0.5) is 0 Å². The van der Waals surface area contributed by atoms with Gasteiger partial charge in [-0.05, 0) is 135 Å². The van der Waals surface area contributed by atoms with Gasteiger partial charge in [-0.15, -0.1) is 0 Å². The minimum absolute atomic E-state index is 0.130. The predicted molar refractivity (Wildman–Crippen MR) is 302 cm³/mol. The van der Waals surface area contributed by atoms with Crippen LogP contribution in [-0.2, 0) is 28.6 Å². The Balaban J connectivity index is 4.60. The molecule has 0 aromatic rings. The molecule has 0 radical (unpaired) electrons. The number of esters is 3. The first-order valence-electron chi connectivity index (χ1n) is 27.5. The fourth-order valence-corrected chi connectivity index (χ4v) is 6.67. The van der Waals surface area contributed by atoms with E-state index in [4.69, 9.17) is 14.2 Å². The fourth-order valence-electron chi connectivity index (χ4n) is 6.67. The zero-order chi connectivity index (χ0) is 50.7. The Kier molecular flexibility index (Phi) is 52.6. The van der Waals surface area contributed by atoms with E-state index in [-0.39, 0.29) is 44.0 Å². The van der Waals surface area contributed by atoms with E-state index >= 15 is 0 Å². The number of allylic oxidation sites excluding steroid dienone is 26. The van der Waals surface area contributed by atoms with Crippen LogP contribution in [0, 0.1) is 0 Å². The molecule has 0 spiro atoms. The van der Waals surface area contributed by atoms with Crippen LogP contribution >= 0.6 is 0 Å². The number of unbranched alkanes of at least 4 members (excludes halogenated alkanes) is 10. The lowest BCUT2D eigenvalue weighted by Gasteiger charge is -2.18. The Labute approximate surface area is 429 Å². The number of hydrogen-bond acceptors (Lipinski definition) is 6. The van der Waals surface area contributed by atoms with Gasteiger partial charge in [-0.3, -0.25) is 14.4 Å². The van der Waals surface area contributed by atoms with Crippen molar-refractivity contribution in [3.05, 3.63) is 158 Å². The molecule has 0 N–H and O–H groups in total. The van der Waals surface area contributed by atoms with E-state index in [0.29, 0.717) is 19.3 Å². The number of hydrogen-bond donors (Lipinski definition) is 0. The van der Waals surface area contributed by atoms with Crippen molar-refractivity contribution in [2.45, 2.75) is 213 Å². The molecule has 6 heteroatoms. The molecule has 0 heterocycles. The normalized spacial score (nSPS) is 13.4. The summed E-state index contributed by atoms with van der Waals surface area (Å²) in [7, 11) is 0. The molecule has 6 nitrogen and oxygen atoms in total. The van der Waals surface area contributed by atoms with E-state index in [2.05, 4.69) is 179 Å². The Morgan fingerprint density at radius 3 is 0.943 bits per heavy atom. The molecule has 1 unspecified atom stereocenters. The summed E-state index contributed by atoms with van der Waals surface area (Å²) in [5.41, 5.74) is 0. The third kappa shape index (κ3) is 54.0. The summed E-state index contributed by atoms with van der Waals surface area (Å²) in [6.07, 6.45) is 82.3. The third-order valence-corrected chi connectivity index (χ3v) is 10.7. The summed E-state index contributed by atoms with van der Waals surface area (Å²) in [5, 5.41) is 0. The van der Waals surface area contributed by atoms with Crippen LogP contribution in [-0.4, -0.2) is 37.2 Å². The topological polar surface area (TPSA) is 78.9 Å². The summed E-state index contributed by atoms with van der Waals surface area (Å²) in [4.78, 5) is 38.1. The third-order valence-electron chi connectivity index (χ3n) is 10.7. The molecule has 0 aliphatic carbocycles. The molecule has 0 saturated carbocycles. The highest BCUT2D eigenvalue weighted by atomic mass is 16.6. The molecule has 0 saturated heterocycles. The van der Waals surface area contributed by atoms with Crippen LogP contribution in [0.15, 0.2) is 158 Å². The number of carbonyl (C=O) groups excluding carboxylic acids is 3. The largest absolute Gasteiger partial charge is 0.462 e. The van der Waals surface area contributed by atoms with Gasteiger partial charge in [0.1, 0.15) is 13.2 Å². The van der Waals surface area contributed by atoms with Crippen LogP contribution < -0.4 is 0 Å². The summed E-state index contributed by atoms with van der Waals surface area (Å²) >= 11 is 0. The van der Waals surface area contributed by atoms with Gasteiger partial charge in [0, 0.05) is 19.3 Å². The minimum Gasteiger partial charge on any atom is -0.462 e. The lowest BCUT2D eigenvalue weighted by molar-refractivity contribution is -0.167. The van der Waals surface area contributed by atoms with Gasteiger partial charge in [0.15, 0.2) is 6.10 Å². The summed E-state index contributed by atoms with van der Waals surface area (Å²) in [6.45, 7) is 6.25. The summed E-state index contributed by atoms with van der Waals surface area (Å²) in [5.74, 6) is -1.06. The molecular weight excluding hydrogens is 865 g/mol. The molecule has 390 valence electrons. The van der Waals surface area contributed by atoms with Crippen LogP contribution in [0.25, 0.3) is 0 Å². The average Bonchev–Trinajstić information content (AvgIpc) is 3.36. The van der Waals surface area contributed by atoms with Gasteiger partial charge in [0.05, 0.1) is 0 Å². The highest BCUT2D eigenvalue weighted by molar-refractivity contribution is 5.71. The van der Waals surface area contributed by atoms with Gasteiger partial charge in [-0.2, -0.15) is 0 Å². The quantitative estimate of drug-likeness (QED) is 0.0262. The monoisotopic (exact) mass is 963 g/mol. The van der Waals surface area contributed by atoms with Crippen LogP contribution in [0.3, 0.4) is 0 Å². The van der Waals surface area contributed by atoms with E-state index < -0.39 is 6.10 Å². The molecule has 70 heavy (non-hydrogen) atoms. The lowest BCUT2D eigenvalue weighted by atomic mass is 10.1. The zero-order valence-corrected chi connectivity index (χ0v) is 44.5. The molecule has 0 bridgehead atoms. The first-order valence-corrected chi connectivity index (χ1v) is 27.5. The Bertz CT molecular complexity index is 1620. The van der Waals surface area contributed by atoms with Gasteiger partial charge in [0.2, 0.25) is 0 Å². The molecule has 0 aromatic carbocycles. The predicted octanol–water partition coefficient (Wildman–Crippen LogP) is 18.6. The number of carbonyl (C=O) groups is 3. The standard InChI is InChI=1S/C64H98O6/c1-4-7-10-13-16-19-22-25-28-30-31-32-33-35-36-39-42-45-48-51-54-57-63(66)69-60-61(59-68-62(65)56-53-50-47-44-41-38-27-24-21-18-15-12-9-6-3)70-64(67)58-55-52-49-46-43-40-37-34-29-26-23-20-17-14-11-8-5-2/h7-8,10-11,15-20,24-29,31-32,35-37,40,42,45-46,49,61H,4-6,9,12-14,21-23,30,33-34,38-39,41,43-44,47-48,50-60H2,1-3H3/b10-7-,11-8-,18-15-,19-16-,20-17-,27-24-,28-25-,29-26-,32-31-,36-35-,40-37-,45-42-,49-46-. The molecule has 0 aliphatic rings. The van der Waals surface area contributed by atoms with E-state index in [1.165, 1.54) is 19.3 Å². The van der Waals surface area contributed by atoms with Crippen LogP contribution in [0.1, 0.15) is 207 Å². The van der Waals surface area contributed by atoms with E-state index in [0.717, 1.165) is 135 Å².